The van der Waals surface area contributed by atoms with Crippen molar-refractivity contribution in [3.63, 3.8) is 0 Å². The van der Waals surface area contributed by atoms with Gasteiger partial charge in [0.15, 0.2) is 11.5 Å². The van der Waals surface area contributed by atoms with Gasteiger partial charge in [-0.25, -0.2) is 4.39 Å². The maximum Gasteiger partial charge on any atom is 0.189 e. The van der Waals surface area contributed by atoms with Gasteiger partial charge < -0.3 is 4.74 Å². The molecule has 0 spiro atoms. The Bertz CT molecular complexity index is 619. The third kappa shape index (κ3) is 2.67. The highest BCUT2D eigenvalue weighted by molar-refractivity contribution is 6.30. The molecule has 0 aliphatic carbocycles. The van der Waals surface area contributed by atoms with Crippen LogP contribution in [0.1, 0.15) is 23.0 Å². The molecule has 0 fully saturated rings. The number of nitrogens with zero attached hydrogens (tertiary/aromatic N) is 2. The Morgan fingerprint density at radius 2 is 2.25 bits per heavy atom. The molecule has 0 saturated carbocycles. The number of carbonyl (C=O) groups excluding carboxylic acids is 1. The average Bonchev–Trinajstić information content (AvgIpc) is 2.86. The maximum absolute atomic E-state index is 13.8. The van der Waals surface area contributed by atoms with E-state index in [9.17, 15) is 9.18 Å². The van der Waals surface area contributed by atoms with Gasteiger partial charge in [0, 0.05) is 13.0 Å². The zero-order chi connectivity index (χ0) is 14.7. The lowest BCUT2D eigenvalue weighted by molar-refractivity contribution is 0.0978. The second-order valence-electron chi connectivity index (χ2n) is 4.19. The van der Waals surface area contributed by atoms with Crippen molar-refractivity contribution in [1.29, 1.82) is 0 Å². The quantitative estimate of drug-likeness (QED) is 0.796. The van der Waals surface area contributed by atoms with Crippen LogP contribution < -0.4 is 4.74 Å². The SMILES string of the molecule is CCn1ncc(OC)c1C(=O)Cc1cccc(Cl)c1F. The molecule has 20 heavy (non-hydrogen) atoms. The van der Waals surface area contributed by atoms with E-state index in [1.54, 1.807) is 6.07 Å². The van der Waals surface area contributed by atoms with Gasteiger partial charge in [0.1, 0.15) is 11.5 Å². The van der Waals surface area contributed by atoms with E-state index in [4.69, 9.17) is 16.3 Å². The highest BCUT2D eigenvalue weighted by Gasteiger charge is 2.20. The van der Waals surface area contributed by atoms with Gasteiger partial charge in [0.25, 0.3) is 0 Å². The highest BCUT2D eigenvalue weighted by atomic mass is 35.5. The molecule has 0 atom stereocenters. The Kier molecular flexibility index (Phi) is 4.39. The van der Waals surface area contributed by atoms with E-state index in [0.29, 0.717) is 18.0 Å². The minimum atomic E-state index is -0.566. The summed E-state index contributed by atoms with van der Waals surface area (Å²) in [5, 5.41) is 4.06. The number of Topliss-reactive ketones (excluding diaryl/α,β-unsaturated/α-hetero) is 1. The Morgan fingerprint density at radius 1 is 1.50 bits per heavy atom. The summed E-state index contributed by atoms with van der Waals surface area (Å²) in [7, 11) is 1.47. The standard InChI is InChI=1S/C14H14ClFN2O2/c1-3-18-14(12(20-2)8-17-18)11(19)7-9-5-4-6-10(15)13(9)16/h4-6,8H,3,7H2,1-2H3. The largest absolute Gasteiger partial charge is 0.493 e. The molecule has 0 aliphatic heterocycles. The van der Waals surface area contributed by atoms with Crippen molar-refractivity contribution < 1.29 is 13.9 Å². The summed E-state index contributed by atoms with van der Waals surface area (Å²) >= 11 is 5.71. The third-order valence-electron chi connectivity index (χ3n) is 2.97. The minimum absolute atomic E-state index is 0.00580. The first kappa shape index (κ1) is 14.5. The lowest BCUT2D eigenvalue weighted by Crippen LogP contribution is -2.13. The fourth-order valence-corrected chi connectivity index (χ4v) is 2.17. The molecule has 0 radical (unpaired) electrons. The second-order valence-corrected chi connectivity index (χ2v) is 4.60. The van der Waals surface area contributed by atoms with Crippen molar-refractivity contribution in [2.45, 2.75) is 19.9 Å². The number of aromatic nitrogens is 2. The van der Waals surface area contributed by atoms with Crippen LogP contribution in [0.25, 0.3) is 0 Å². The van der Waals surface area contributed by atoms with Crippen LogP contribution in [0.3, 0.4) is 0 Å². The molecule has 0 aliphatic rings. The number of benzene rings is 1. The molecule has 4 nitrogen and oxygen atoms in total. The Morgan fingerprint density at radius 3 is 2.90 bits per heavy atom. The zero-order valence-electron chi connectivity index (χ0n) is 11.2. The number of hydrogen-bond donors (Lipinski definition) is 0. The van der Waals surface area contributed by atoms with Crippen molar-refractivity contribution in [3.8, 4) is 5.75 Å². The van der Waals surface area contributed by atoms with Crippen LogP contribution in [-0.4, -0.2) is 22.7 Å². The maximum atomic E-state index is 13.8. The van der Waals surface area contributed by atoms with Crippen LogP contribution >= 0.6 is 11.6 Å². The Hall–Kier alpha value is -1.88. The van der Waals surface area contributed by atoms with Gasteiger partial charge in [0.05, 0.1) is 18.3 Å². The predicted octanol–water partition coefficient (Wildman–Crippen LogP) is 3.13. The van der Waals surface area contributed by atoms with Gasteiger partial charge in [-0.1, -0.05) is 23.7 Å². The number of methoxy groups -OCH3 is 1. The van der Waals surface area contributed by atoms with Crippen molar-refractivity contribution in [3.05, 3.63) is 46.5 Å². The van der Waals surface area contributed by atoms with Gasteiger partial charge in [-0.2, -0.15) is 5.10 Å². The zero-order valence-corrected chi connectivity index (χ0v) is 11.9. The number of aryl methyl sites for hydroxylation is 1. The Balaban J connectivity index is 2.33. The van der Waals surface area contributed by atoms with E-state index in [2.05, 4.69) is 5.10 Å². The van der Waals surface area contributed by atoms with Crippen molar-refractivity contribution in [2.75, 3.05) is 7.11 Å². The van der Waals surface area contributed by atoms with Gasteiger partial charge >= 0.3 is 0 Å². The number of ketones is 1. The molecule has 2 rings (SSSR count). The minimum Gasteiger partial charge on any atom is -0.493 e. The normalized spacial score (nSPS) is 10.6. The summed E-state index contributed by atoms with van der Waals surface area (Å²) in [6.07, 6.45) is 1.39. The molecule has 0 N–H and O–H groups in total. The molecular weight excluding hydrogens is 283 g/mol. The second kappa shape index (κ2) is 6.05. The van der Waals surface area contributed by atoms with Crippen LogP contribution in [0.5, 0.6) is 5.75 Å². The van der Waals surface area contributed by atoms with E-state index in [1.165, 1.54) is 30.1 Å². The average molecular weight is 297 g/mol. The van der Waals surface area contributed by atoms with Crippen molar-refractivity contribution >= 4 is 17.4 Å². The summed E-state index contributed by atoms with van der Waals surface area (Å²) in [6, 6.07) is 4.60. The molecular formula is C14H14ClFN2O2. The molecule has 0 unspecified atom stereocenters. The summed E-state index contributed by atoms with van der Waals surface area (Å²) in [6.45, 7) is 2.39. The molecule has 0 bridgehead atoms. The monoisotopic (exact) mass is 296 g/mol. The molecule has 1 aromatic heterocycles. The van der Waals surface area contributed by atoms with Crippen molar-refractivity contribution in [1.82, 2.24) is 9.78 Å². The molecule has 106 valence electrons. The fraction of sp³-hybridized carbons (Fsp3) is 0.286. The van der Waals surface area contributed by atoms with Gasteiger partial charge in [-0.3, -0.25) is 9.48 Å². The molecule has 1 heterocycles. The van der Waals surface area contributed by atoms with Gasteiger partial charge in [-0.15, -0.1) is 0 Å². The fourth-order valence-electron chi connectivity index (χ4n) is 1.98. The number of rotatable bonds is 5. The summed E-state index contributed by atoms with van der Waals surface area (Å²) in [5.74, 6) is -0.439. The van der Waals surface area contributed by atoms with Crippen LogP contribution in [0.15, 0.2) is 24.4 Å². The number of carbonyl (C=O) groups is 1. The van der Waals surface area contributed by atoms with E-state index in [1.807, 2.05) is 6.92 Å². The molecule has 0 amide bonds. The van der Waals surface area contributed by atoms with Crippen molar-refractivity contribution in [2.24, 2.45) is 0 Å². The molecule has 2 aromatic rings. The van der Waals surface area contributed by atoms with E-state index in [-0.39, 0.29) is 22.8 Å². The summed E-state index contributed by atoms with van der Waals surface area (Å²) in [5.41, 5.74) is 0.600. The number of ether oxygens (including phenoxy) is 1. The lowest BCUT2D eigenvalue weighted by atomic mass is 10.1. The first-order valence-electron chi connectivity index (χ1n) is 6.14. The van der Waals surface area contributed by atoms with E-state index < -0.39 is 5.82 Å². The van der Waals surface area contributed by atoms with Crippen LogP contribution in [0, 0.1) is 5.82 Å². The van der Waals surface area contributed by atoms with Gasteiger partial charge in [0.2, 0.25) is 0 Å². The summed E-state index contributed by atoms with van der Waals surface area (Å²) < 4.78 is 20.5. The first-order valence-corrected chi connectivity index (χ1v) is 6.52. The highest BCUT2D eigenvalue weighted by Crippen LogP contribution is 2.23. The molecule has 1 aromatic carbocycles. The van der Waals surface area contributed by atoms with Crippen LogP contribution in [0.2, 0.25) is 5.02 Å². The van der Waals surface area contributed by atoms with Crippen LogP contribution in [0.4, 0.5) is 4.39 Å². The van der Waals surface area contributed by atoms with Crippen LogP contribution in [-0.2, 0) is 13.0 Å². The van der Waals surface area contributed by atoms with E-state index in [0.717, 1.165) is 0 Å². The summed E-state index contributed by atoms with van der Waals surface area (Å²) in [4.78, 5) is 12.3. The number of hydrogen-bond acceptors (Lipinski definition) is 3. The lowest BCUT2D eigenvalue weighted by Gasteiger charge is -2.07. The van der Waals surface area contributed by atoms with E-state index >= 15 is 0 Å². The first-order chi connectivity index (χ1) is 9.58. The molecule has 0 saturated heterocycles. The van der Waals surface area contributed by atoms with Gasteiger partial charge in [-0.05, 0) is 18.6 Å². The third-order valence-corrected chi connectivity index (χ3v) is 3.26. The number of halogens is 2. The Labute approximate surface area is 121 Å². The molecule has 6 heteroatoms. The smallest absolute Gasteiger partial charge is 0.189 e. The topological polar surface area (TPSA) is 44.1 Å². The predicted molar refractivity (Wildman–Crippen MR) is 73.9 cm³/mol.